The number of esters is 1. The molecule has 118 valence electrons. The summed E-state index contributed by atoms with van der Waals surface area (Å²) in [6.07, 6.45) is -1.37. The van der Waals surface area contributed by atoms with Crippen LogP contribution in [0, 0.1) is 0 Å². The highest BCUT2D eigenvalue weighted by Gasteiger charge is 2.32. The van der Waals surface area contributed by atoms with E-state index in [4.69, 9.17) is 30.5 Å². The van der Waals surface area contributed by atoms with Crippen LogP contribution in [0.2, 0.25) is 0 Å². The van der Waals surface area contributed by atoms with Crippen molar-refractivity contribution in [2.45, 2.75) is 32.0 Å². The molecule has 0 fully saturated rings. The molecule has 6 nitrogen and oxygen atoms in total. The van der Waals surface area contributed by atoms with Gasteiger partial charge in [0.1, 0.15) is 11.9 Å². The molecule has 0 aromatic carbocycles. The van der Waals surface area contributed by atoms with Crippen molar-refractivity contribution in [2.75, 3.05) is 39.9 Å². The summed E-state index contributed by atoms with van der Waals surface area (Å²) < 4.78 is 20.4. The minimum absolute atomic E-state index is 0.0494. The van der Waals surface area contributed by atoms with Crippen LogP contribution in [0.3, 0.4) is 0 Å². The van der Waals surface area contributed by atoms with E-state index in [-0.39, 0.29) is 37.7 Å². The van der Waals surface area contributed by atoms with Crippen LogP contribution in [0.4, 0.5) is 0 Å². The van der Waals surface area contributed by atoms with E-state index >= 15 is 0 Å². The van der Waals surface area contributed by atoms with Crippen LogP contribution >= 0.6 is 11.6 Å². The van der Waals surface area contributed by atoms with Crippen molar-refractivity contribution in [1.29, 1.82) is 0 Å². The lowest BCUT2D eigenvalue weighted by atomic mass is 10.1. The van der Waals surface area contributed by atoms with E-state index in [0.717, 1.165) is 0 Å². The Morgan fingerprint density at radius 3 is 2.40 bits per heavy atom. The van der Waals surface area contributed by atoms with Crippen LogP contribution in [0.1, 0.15) is 19.8 Å². The molecule has 1 unspecified atom stereocenters. The van der Waals surface area contributed by atoms with E-state index in [1.807, 2.05) is 0 Å². The molecule has 2 atom stereocenters. The molecule has 20 heavy (non-hydrogen) atoms. The molecular weight excluding hydrogens is 288 g/mol. The normalized spacial score (nSPS) is 13.8. The summed E-state index contributed by atoms with van der Waals surface area (Å²) in [6, 6.07) is 0. The highest BCUT2D eigenvalue weighted by Crippen LogP contribution is 2.12. The molecule has 0 aliphatic carbocycles. The van der Waals surface area contributed by atoms with Crippen molar-refractivity contribution in [1.82, 2.24) is 0 Å². The fourth-order valence-electron chi connectivity index (χ4n) is 1.59. The Morgan fingerprint density at radius 1 is 1.20 bits per heavy atom. The van der Waals surface area contributed by atoms with Crippen molar-refractivity contribution in [2.24, 2.45) is 0 Å². The summed E-state index contributed by atoms with van der Waals surface area (Å²) in [5.74, 6) is -0.398. The van der Waals surface area contributed by atoms with Crippen LogP contribution in [0.5, 0.6) is 0 Å². The van der Waals surface area contributed by atoms with Gasteiger partial charge in [0.15, 0.2) is 6.10 Å². The van der Waals surface area contributed by atoms with Crippen molar-refractivity contribution in [3.05, 3.63) is 0 Å². The number of hydrogen-bond donors (Lipinski definition) is 0. The SMILES string of the molecule is CCOC(=O)C(OC)[C@@H](CC(=O)CCCl)OCCOC. The number of carbonyl (C=O) groups excluding carboxylic acids is 2. The minimum atomic E-state index is -0.939. The third-order valence-corrected chi connectivity index (χ3v) is 2.72. The molecule has 0 aromatic rings. The molecule has 0 heterocycles. The molecule has 0 saturated heterocycles. The van der Waals surface area contributed by atoms with Crippen molar-refractivity contribution >= 4 is 23.4 Å². The molecule has 0 radical (unpaired) electrons. The molecule has 0 bridgehead atoms. The van der Waals surface area contributed by atoms with Gasteiger partial charge in [0.2, 0.25) is 0 Å². The summed E-state index contributed by atoms with van der Waals surface area (Å²) in [5.41, 5.74) is 0. The summed E-state index contributed by atoms with van der Waals surface area (Å²) in [4.78, 5) is 23.5. The van der Waals surface area contributed by atoms with Gasteiger partial charge in [-0.05, 0) is 6.92 Å². The predicted molar refractivity (Wildman–Crippen MR) is 74.0 cm³/mol. The molecule has 0 N–H and O–H groups in total. The zero-order chi connectivity index (χ0) is 15.4. The van der Waals surface area contributed by atoms with Gasteiger partial charge in [-0.1, -0.05) is 0 Å². The fourth-order valence-corrected chi connectivity index (χ4v) is 1.80. The third kappa shape index (κ3) is 7.79. The van der Waals surface area contributed by atoms with Gasteiger partial charge < -0.3 is 18.9 Å². The topological polar surface area (TPSA) is 71.1 Å². The number of ether oxygens (including phenoxy) is 4. The quantitative estimate of drug-likeness (QED) is 0.306. The number of methoxy groups -OCH3 is 2. The maximum absolute atomic E-state index is 11.8. The van der Waals surface area contributed by atoms with Crippen molar-refractivity contribution < 1.29 is 28.5 Å². The first-order chi connectivity index (χ1) is 9.60. The first-order valence-electron chi connectivity index (χ1n) is 6.48. The first kappa shape index (κ1) is 19.3. The molecular formula is C13H23ClO6. The Hall–Kier alpha value is -0.690. The van der Waals surface area contributed by atoms with E-state index in [1.165, 1.54) is 14.2 Å². The second-order valence-electron chi connectivity index (χ2n) is 3.99. The third-order valence-electron chi connectivity index (χ3n) is 2.53. The van der Waals surface area contributed by atoms with E-state index < -0.39 is 18.2 Å². The monoisotopic (exact) mass is 310 g/mol. The first-order valence-corrected chi connectivity index (χ1v) is 7.01. The van der Waals surface area contributed by atoms with Gasteiger partial charge in [-0.3, -0.25) is 4.79 Å². The van der Waals surface area contributed by atoms with Crippen molar-refractivity contribution in [3.8, 4) is 0 Å². The van der Waals surface area contributed by atoms with Crippen LogP contribution in [-0.4, -0.2) is 63.9 Å². The average molecular weight is 311 g/mol. The summed E-state index contributed by atoms with van der Waals surface area (Å²) >= 11 is 5.53. The highest BCUT2D eigenvalue weighted by molar-refractivity contribution is 6.19. The van der Waals surface area contributed by atoms with Crippen LogP contribution < -0.4 is 0 Å². The van der Waals surface area contributed by atoms with Gasteiger partial charge in [-0.15, -0.1) is 11.6 Å². The largest absolute Gasteiger partial charge is 0.464 e. The number of alkyl halides is 1. The zero-order valence-electron chi connectivity index (χ0n) is 12.2. The summed E-state index contributed by atoms with van der Waals surface area (Å²) in [7, 11) is 2.91. The minimum Gasteiger partial charge on any atom is -0.464 e. The van der Waals surface area contributed by atoms with Gasteiger partial charge in [0, 0.05) is 32.9 Å². The lowest BCUT2D eigenvalue weighted by Crippen LogP contribution is -2.41. The Bertz CT molecular complexity index is 284. The maximum Gasteiger partial charge on any atom is 0.337 e. The van der Waals surface area contributed by atoms with E-state index in [2.05, 4.69) is 0 Å². The fraction of sp³-hybridized carbons (Fsp3) is 0.846. The lowest BCUT2D eigenvalue weighted by molar-refractivity contribution is -0.166. The molecule has 0 saturated carbocycles. The number of carbonyl (C=O) groups is 2. The molecule has 0 amide bonds. The van der Waals surface area contributed by atoms with Gasteiger partial charge in [-0.25, -0.2) is 4.79 Å². The average Bonchev–Trinajstić information content (AvgIpc) is 2.40. The maximum atomic E-state index is 11.8. The number of rotatable bonds is 12. The summed E-state index contributed by atoms with van der Waals surface area (Å²) in [5, 5.41) is 0. The molecule has 0 rings (SSSR count). The van der Waals surface area contributed by atoms with Crippen LogP contribution in [-0.2, 0) is 28.5 Å². The number of Topliss-reactive ketones (excluding diaryl/α,β-unsaturated/α-hetero) is 1. The molecule has 7 heteroatoms. The van der Waals surface area contributed by atoms with Crippen LogP contribution in [0.15, 0.2) is 0 Å². The Labute approximate surface area is 124 Å². The lowest BCUT2D eigenvalue weighted by Gasteiger charge is -2.24. The second kappa shape index (κ2) is 12.1. The Morgan fingerprint density at radius 2 is 1.90 bits per heavy atom. The predicted octanol–water partition coefficient (Wildman–Crippen LogP) is 1.18. The number of hydrogen-bond acceptors (Lipinski definition) is 6. The van der Waals surface area contributed by atoms with Gasteiger partial charge in [-0.2, -0.15) is 0 Å². The smallest absolute Gasteiger partial charge is 0.337 e. The number of ketones is 1. The second-order valence-corrected chi connectivity index (χ2v) is 4.37. The zero-order valence-corrected chi connectivity index (χ0v) is 13.0. The van der Waals surface area contributed by atoms with Gasteiger partial charge in [0.05, 0.1) is 19.8 Å². The molecule has 0 spiro atoms. The van der Waals surface area contributed by atoms with Gasteiger partial charge in [0.25, 0.3) is 0 Å². The highest BCUT2D eigenvalue weighted by atomic mass is 35.5. The molecule has 0 aliphatic heterocycles. The van der Waals surface area contributed by atoms with Gasteiger partial charge >= 0.3 is 5.97 Å². The van der Waals surface area contributed by atoms with E-state index in [0.29, 0.717) is 6.61 Å². The van der Waals surface area contributed by atoms with E-state index in [9.17, 15) is 9.59 Å². The van der Waals surface area contributed by atoms with Crippen LogP contribution in [0.25, 0.3) is 0 Å². The standard InChI is InChI=1S/C13H23ClO6/c1-4-19-13(16)12(18-3)11(20-8-7-17-2)9-10(15)5-6-14/h11-12H,4-9H2,1-3H3/t11-,12?/m1/s1. The summed E-state index contributed by atoms with van der Waals surface area (Å²) in [6.45, 7) is 2.55. The van der Waals surface area contributed by atoms with Crippen molar-refractivity contribution in [3.63, 3.8) is 0 Å². The molecule has 0 aliphatic rings. The number of halogens is 1. The Kier molecular flexibility index (Phi) is 11.7. The van der Waals surface area contributed by atoms with E-state index in [1.54, 1.807) is 6.92 Å². The molecule has 0 aromatic heterocycles. The Balaban J connectivity index is 4.67.